The minimum atomic E-state index is -0.227. The number of imidazole rings is 1. The molecule has 3 heterocycles. The molecule has 3 aromatic rings. The minimum Gasteiger partial charge on any atom is -0.366 e. The predicted molar refractivity (Wildman–Crippen MR) is 104 cm³/mol. The number of aliphatic imine (C=N–C) groups is 1. The van der Waals surface area contributed by atoms with E-state index in [9.17, 15) is 4.79 Å². The zero-order chi connectivity index (χ0) is 18.3. The molecule has 1 aromatic carbocycles. The van der Waals surface area contributed by atoms with Crippen molar-refractivity contribution in [2.75, 3.05) is 17.3 Å². The molecule has 0 spiro atoms. The third-order valence-corrected chi connectivity index (χ3v) is 5.20. The fourth-order valence-corrected chi connectivity index (χ4v) is 3.57. The second-order valence-electron chi connectivity index (χ2n) is 6.05. The number of carbonyl (C=O) groups is 1. The third-order valence-electron chi connectivity index (χ3n) is 4.37. The van der Waals surface area contributed by atoms with Crippen molar-refractivity contribution >= 4 is 33.6 Å². The highest BCUT2D eigenvalue weighted by Gasteiger charge is 2.22. The normalized spacial score (nSPS) is 13.0. The molecule has 26 heavy (non-hydrogen) atoms. The van der Waals surface area contributed by atoms with Gasteiger partial charge in [-0.05, 0) is 26.0 Å². The van der Waals surface area contributed by atoms with Gasteiger partial charge in [0.15, 0.2) is 0 Å². The van der Waals surface area contributed by atoms with Gasteiger partial charge in [0.25, 0.3) is 5.91 Å². The molecular formula is C18H18N6OS. The summed E-state index contributed by atoms with van der Waals surface area (Å²) in [6.07, 6.45) is 3.50. The SMILES string of the molecule is Cc1ncc(NC(=O)C2=NCNc3ccc(-c4cnc(C)n4C)cc32)s1. The Kier molecular flexibility index (Phi) is 4.04. The first kappa shape index (κ1) is 16.5. The molecule has 2 N–H and O–H groups in total. The lowest BCUT2D eigenvalue weighted by molar-refractivity contribution is -0.110. The Morgan fingerprint density at radius 3 is 2.81 bits per heavy atom. The number of anilines is 2. The van der Waals surface area contributed by atoms with Gasteiger partial charge in [0.05, 0.1) is 23.1 Å². The van der Waals surface area contributed by atoms with Gasteiger partial charge in [0.2, 0.25) is 0 Å². The van der Waals surface area contributed by atoms with Gasteiger partial charge in [-0.25, -0.2) is 9.97 Å². The molecule has 7 nitrogen and oxygen atoms in total. The van der Waals surface area contributed by atoms with Crippen LogP contribution in [0, 0.1) is 13.8 Å². The fraction of sp³-hybridized carbons (Fsp3) is 0.222. The maximum absolute atomic E-state index is 12.8. The van der Waals surface area contributed by atoms with Crippen LogP contribution in [0.25, 0.3) is 11.3 Å². The summed E-state index contributed by atoms with van der Waals surface area (Å²) in [7, 11) is 1.98. The highest BCUT2D eigenvalue weighted by Crippen LogP contribution is 2.28. The molecule has 0 aliphatic carbocycles. The first-order chi connectivity index (χ1) is 12.5. The Morgan fingerprint density at radius 2 is 2.12 bits per heavy atom. The summed E-state index contributed by atoms with van der Waals surface area (Å²) in [5, 5.41) is 7.72. The molecule has 1 aliphatic rings. The van der Waals surface area contributed by atoms with E-state index in [4.69, 9.17) is 0 Å². The van der Waals surface area contributed by atoms with Crippen LogP contribution >= 0.6 is 11.3 Å². The average Bonchev–Trinajstić information content (AvgIpc) is 3.19. The molecule has 0 unspecified atom stereocenters. The summed E-state index contributed by atoms with van der Waals surface area (Å²) >= 11 is 1.44. The molecule has 8 heteroatoms. The molecule has 132 valence electrons. The van der Waals surface area contributed by atoms with Gasteiger partial charge in [-0.3, -0.25) is 9.79 Å². The van der Waals surface area contributed by atoms with E-state index in [1.807, 2.05) is 49.9 Å². The number of benzene rings is 1. The Hall–Kier alpha value is -3.00. The van der Waals surface area contributed by atoms with E-state index in [2.05, 4.69) is 25.6 Å². The number of fused-ring (bicyclic) bond motifs is 1. The summed E-state index contributed by atoms with van der Waals surface area (Å²) in [6.45, 7) is 4.24. The van der Waals surface area contributed by atoms with Crippen molar-refractivity contribution in [3.05, 3.63) is 47.0 Å². The zero-order valence-electron chi connectivity index (χ0n) is 14.7. The summed E-state index contributed by atoms with van der Waals surface area (Å²) in [5.41, 5.74) is 4.09. The molecule has 0 saturated heterocycles. The molecule has 1 aliphatic heterocycles. The number of hydrogen-bond acceptors (Lipinski definition) is 6. The van der Waals surface area contributed by atoms with Crippen molar-refractivity contribution < 1.29 is 4.79 Å². The van der Waals surface area contributed by atoms with Crippen LogP contribution in [0.15, 0.2) is 35.6 Å². The second-order valence-corrected chi connectivity index (χ2v) is 7.28. The van der Waals surface area contributed by atoms with Crippen molar-refractivity contribution in [3.8, 4) is 11.3 Å². The van der Waals surface area contributed by atoms with Gasteiger partial charge in [0.1, 0.15) is 23.2 Å². The van der Waals surface area contributed by atoms with E-state index in [0.717, 1.165) is 33.3 Å². The van der Waals surface area contributed by atoms with Crippen LogP contribution in [0.2, 0.25) is 0 Å². The van der Waals surface area contributed by atoms with Crippen molar-refractivity contribution in [2.45, 2.75) is 13.8 Å². The molecule has 0 saturated carbocycles. The van der Waals surface area contributed by atoms with E-state index in [1.54, 1.807) is 6.20 Å². The summed E-state index contributed by atoms with van der Waals surface area (Å²) in [6, 6.07) is 5.98. The number of amides is 1. The zero-order valence-corrected chi connectivity index (χ0v) is 15.5. The topological polar surface area (TPSA) is 84.2 Å². The molecule has 0 bridgehead atoms. The van der Waals surface area contributed by atoms with E-state index < -0.39 is 0 Å². The monoisotopic (exact) mass is 366 g/mol. The lowest BCUT2D eigenvalue weighted by Crippen LogP contribution is -2.28. The first-order valence-corrected chi connectivity index (χ1v) is 9.00. The number of aryl methyl sites for hydroxylation is 2. The molecule has 4 rings (SSSR count). The van der Waals surface area contributed by atoms with Crippen LogP contribution in [0.5, 0.6) is 0 Å². The van der Waals surface area contributed by atoms with Gasteiger partial charge in [-0.2, -0.15) is 0 Å². The van der Waals surface area contributed by atoms with Crippen molar-refractivity contribution in [2.24, 2.45) is 12.0 Å². The maximum atomic E-state index is 12.8. The van der Waals surface area contributed by atoms with Gasteiger partial charge < -0.3 is 15.2 Å². The summed E-state index contributed by atoms with van der Waals surface area (Å²) < 4.78 is 2.02. The largest absolute Gasteiger partial charge is 0.366 e. The number of nitrogens with one attached hydrogen (secondary N) is 2. The van der Waals surface area contributed by atoms with Crippen LogP contribution in [-0.4, -0.2) is 32.8 Å². The van der Waals surface area contributed by atoms with Crippen molar-refractivity contribution in [3.63, 3.8) is 0 Å². The standard InChI is InChI=1S/C18H18N6OS/c1-10-19-7-15(24(10)3)12-4-5-14-13(6-12)17(22-9-21-14)18(25)23-16-8-20-11(2)26-16/h4-8,21H,9H2,1-3H3,(H,23,25). The van der Waals surface area contributed by atoms with Crippen LogP contribution in [0.3, 0.4) is 0 Å². The first-order valence-electron chi connectivity index (χ1n) is 8.18. The lowest BCUT2D eigenvalue weighted by atomic mass is 10.0. The van der Waals surface area contributed by atoms with Gasteiger partial charge in [0, 0.05) is 23.9 Å². The van der Waals surface area contributed by atoms with E-state index in [-0.39, 0.29) is 5.91 Å². The second kappa shape index (κ2) is 6.38. The molecule has 0 fully saturated rings. The smallest absolute Gasteiger partial charge is 0.275 e. The number of nitrogens with zero attached hydrogens (tertiary/aromatic N) is 4. The van der Waals surface area contributed by atoms with Crippen LogP contribution in [0.1, 0.15) is 16.4 Å². The van der Waals surface area contributed by atoms with Crippen LogP contribution in [0.4, 0.5) is 10.7 Å². The Morgan fingerprint density at radius 1 is 1.27 bits per heavy atom. The Labute approximate surface area is 154 Å². The molecule has 0 radical (unpaired) electrons. The van der Waals surface area contributed by atoms with E-state index in [1.165, 1.54) is 11.3 Å². The Bertz CT molecular complexity index is 1030. The summed E-state index contributed by atoms with van der Waals surface area (Å²) in [4.78, 5) is 25.7. The molecule has 0 atom stereocenters. The van der Waals surface area contributed by atoms with Gasteiger partial charge >= 0.3 is 0 Å². The summed E-state index contributed by atoms with van der Waals surface area (Å²) in [5.74, 6) is 0.706. The Balaban J connectivity index is 1.69. The third kappa shape index (κ3) is 2.88. The van der Waals surface area contributed by atoms with Crippen LogP contribution in [-0.2, 0) is 11.8 Å². The van der Waals surface area contributed by atoms with E-state index >= 15 is 0 Å². The number of carbonyl (C=O) groups excluding carboxylic acids is 1. The quantitative estimate of drug-likeness (QED) is 0.746. The molecule has 1 amide bonds. The molecular weight excluding hydrogens is 348 g/mol. The van der Waals surface area contributed by atoms with E-state index in [0.29, 0.717) is 17.4 Å². The highest BCUT2D eigenvalue weighted by atomic mass is 32.1. The van der Waals surface area contributed by atoms with Crippen molar-refractivity contribution in [1.82, 2.24) is 14.5 Å². The van der Waals surface area contributed by atoms with Crippen LogP contribution < -0.4 is 10.6 Å². The average molecular weight is 366 g/mol. The predicted octanol–water partition coefficient (Wildman–Crippen LogP) is 2.97. The maximum Gasteiger partial charge on any atom is 0.275 e. The number of thiazole rings is 1. The fourth-order valence-electron chi connectivity index (χ4n) is 2.90. The van der Waals surface area contributed by atoms with Gasteiger partial charge in [-0.15, -0.1) is 11.3 Å². The van der Waals surface area contributed by atoms with Crippen molar-refractivity contribution in [1.29, 1.82) is 0 Å². The number of rotatable bonds is 3. The van der Waals surface area contributed by atoms with Gasteiger partial charge in [-0.1, -0.05) is 6.07 Å². The number of aromatic nitrogens is 3. The molecule has 2 aromatic heterocycles. The number of hydrogen-bond donors (Lipinski definition) is 2. The highest BCUT2D eigenvalue weighted by molar-refractivity contribution is 7.15. The lowest BCUT2D eigenvalue weighted by Gasteiger charge is -2.19. The minimum absolute atomic E-state index is 0.227.